The maximum Gasteiger partial charge on any atom is 0.290 e. The SMILES string of the molecule is CCN(CC)CCN1C(=O)c2oc3ccc(Cl)cc3c(=O)c2C1c1cccc(O)c1. The average molecular weight is 427 g/mol. The minimum atomic E-state index is -0.630. The van der Waals surface area contributed by atoms with Crippen molar-refractivity contribution >= 4 is 28.5 Å². The predicted octanol–water partition coefficient (Wildman–Crippen LogP) is 4.04. The Bertz CT molecular complexity index is 1170. The molecule has 1 N–H and O–H groups in total. The molecule has 2 heterocycles. The highest BCUT2D eigenvalue weighted by molar-refractivity contribution is 6.31. The number of aromatic hydroxyl groups is 1. The van der Waals surface area contributed by atoms with Gasteiger partial charge in [-0.3, -0.25) is 9.59 Å². The molecule has 7 heteroatoms. The van der Waals surface area contributed by atoms with E-state index < -0.39 is 6.04 Å². The number of benzene rings is 2. The van der Waals surface area contributed by atoms with E-state index in [0.717, 1.165) is 13.1 Å². The summed E-state index contributed by atoms with van der Waals surface area (Å²) >= 11 is 6.09. The summed E-state index contributed by atoms with van der Waals surface area (Å²) in [6.07, 6.45) is 0. The smallest absolute Gasteiger partial charge is 0.290 e. The first-order valence-corrected chi connectivity index (χ1v) is 10.4. The molecule has 156 valence electrons. The highest BCUT2D eigenvalue weighted by atomic mass is 35.5. The molecule has 6 nitrogen and oxygen atoms in total. The number of fused-ring (bicyclic) bond motifs is 2. The van der Waals surface area contributed by atoms with Gasteiger partial charge in [0.05, 0.1) is 17.0 Å². The van der Waals surface area contributed by atoms with Crippen molar-refractivity contribution in [3.05, 3.63) is 74.6 Å². The van der Waals surface area contributed by atoms with Gasteiger partial charge in [-0.1, -0.05) is 37.6 Å². The molecule has 1 aromatic heterocycles. The highest BCUT2D eigenvalue weighted by Crippen LogP contribution is 2.39. The lowest BCUT2D eigenvalue weighted by Gasteiger charge is -2.28. The zero-order valence-electron chi connectivity index (χ0n) is 16.9. The van der Waals surface area contributed by atoms with Crippen LogP contribution in [-0.4, -0.2) is 47.0 Å². The van der Waals surface area contributed by atoms with Gasteiger partial charge in [-0.2, -0.15) is 0 Å². The standard InChI is InChI=1S/C23H23ClN2O4/c1-3-25(4-2)10-11-26-20(14-6-5-7-16(27)12-14)19-21(28)17-13-15(24)8-9-18(17)30-22(19)23(26)29/h5-9,12-13,20,27H,3-4,10-11H2,1-2H3. The van der Waals surface area contributed by atoms with Gasteiger partial charge < -0.3 is 19.3 Å². The van der Waals surface area contributed by atoms with E-state index in [2.05, 4.69) is 18.7 Å². The number of likely N-dealkylation sites (N-methyl/N-ethyl adjacent to an activating group) is 1. The molecule has 2 aromatic carbocycles. The van der Waals surface area contributed by atoms with Gasteiger partial charge in [0.2, 0.25) is 5.76 Å². The van der Waals surface area contributed by atoms with Gasteiger partial charge in [-0.05, 0) is 49.0 Å². The van der Waals surface area contributed by atoms with E-state index in [4.69, 9.17) is 16.0 Å². The highest BCUT2D eigenvalue weighted by Gasteiger charge is 2.42. The third-order valence-corrected chi connectivity index (χ3v) is 5.90. The van der Waals surface area contributed by atoms with Crippen LogP contribution in [0.15, 0.2) is 51.7 Å². The van der Waals surface area contributed by atoms with Gasteiger partial charge in [-0.25, -0.2) is 0 Å². The van der Waals surface area contributed by atoms with Crippen molar-refractivity contribution in [1.82, 2.24) is 9.80 Å². The summed E-state index contributed by atoms with van der Waals surface area (Å²) in [5, 5.41) is 10.8. The van der Waals surface area contributed by atoms with Crippen molar-refractivity contribution in [2.24, 2.45) is 0 Å². The van der Waals surface area contributed by atoms with Gasteiger partial charge in [0.25, 0.3) is 5.91 Å². The summed E-state index contributed by atoms with van der Waals surface area (Å²) in [5.74, 6) is -0.188. The zero-order valence-corrected chi connectivity index (χ0v) is 17.6. The predicted molar refractivity (Wildman–Crippen MR) is 116 cm³/mol. The summed E-state index contributed by atoms with van der Waals surface area (Å²) < 4.78 is 5.90. The fraction of sp³-hybridized carbons (Fsp3) is 0.304. The molecule has 0 spiro atoms. The number of hydrogen-bond acceptors (Lipinski definition) is 5. The van der Waals surface area contributed by atoms with Crippen LogP contribution in [0.2, 0.25) is 5.02 Å². The lowest BCUT2D eigenvalue weighted by atomic mass is 9.98. The molecule has 4 rings (SSSR count). The number of rotatable bonds is 6. The molecule has 0 radical (unpaired) electrons. The maximum absolute atomic E-state index is 13.4. The molecule has 0 fully saturated rings. The third-order valence-electron chi connectivity index (χ3n) is 5.67. The quantitative estimate of drug-likeness (QED) is 0.644. The van der Waals surface area contributed by atoms with Crippen molar-refractivity contribution in [1.29, 1.82) is 0 Å². The first-order chi connectivity index (χ1) is 14.4. The number of nitrogens with zero attached hydrogens (tertiary/aromatic N) is 2. The van der Waals surface area contributed by atoms with E-state index >= 15 is 0 Å². The summed E-state index contributed by atoms with van der Waals surface area (Å²) in [6, 6.07) is 10.8. The van der Waals surface area contributed by atoms with Crippen LogP contribution in [0.4, 0.5) is 0 Å². The van der Waals surface area contributed by atoms with Gasteiger partial charge in [0.15, 0.2) is 5.43 Å². The number of phenolic OH excluding ortho intramolecular Hbond substituents is 1. The first-order valence-electron chi connectivity index (χ1n) is 10.0. The number of phenols is 1. The van der Waals surface area contributed by atoms with E-state index in [1.165, 1.54) is 0 Å². The van der Waals surface area contributed by atoms with Gasteiger partial charge in [0, 0.05) is 18.1 Å². The Morgan fingerprint density at radius 2 is 1.90 bits per heavy atom. The largest absolute Gasteiger partial charge is 0.508 e. The maximum atomic E-state index is 13.4. The number of carbonyl (C=O) groups excluding carboxylic acids is 1. The molecule has 0 saturated heterocycles. The van der Waals surface area contributed by atoms with Crippen LogP contribution in [0.1, 0.15) is 41.6 Å². The summed E-state index contributed by atoms with van der Waals surface area (Å²) in [7, 11) is 0. The van der Waals surface area contributed by atoms with Crippen molar-refractivity contribution in [3.63, 3.8) is 0 Å². The Kier molecular flexibility index (Phi) is 5.54. The molecule has 0 bridgehead atoms. The van der Waals surface area contributed by atoms with Crippen molar-refractivity contribution in [2.45, 2.75) is 19.9 Å². The Morgan fingerprint density at radius 3 is 2.60 bits per heavy atom. The second-order valence-electron chi connectivity index (χ2n) is 7.34. The Hall–Kier alpha value is -2.83. The van der Waals surface area contributed by atoms with Gasteiger partial charge in [0.1, 0.15) is 11.3 Å². The Labute approximate surface area is 179 Å². The lowest BCUT2D eigenvalue weighted by molar-refractivity contribution is 0.0708. The van der Waals surface area contributed by atoms with Crippen molar-refractivity contribution in [3.8, 4) is 5.75 Å². The van der Waals surface area contributed by atoms with Gasteiger partial charge >= 0.3 is 0 Å². The molecule has 0 aliphatic carbocycles. The monoisotopic (exact) mass is 426 g/mol. The lowest BCUT2D eigenvalue weighted by Crippen LogP contribution is -2.37. The summed E-state index contributed by atoms with van der Waals surface area (Å²) in [5.41, 5.74) is 1.01. The topological polar surface area (TPSA) is 74.0 Å². The molecule has 1 unspecified atom stereocenters. The second-order valence-corrected chi connectivity index (χ2v) is 7.77. The number of amides is 1. The minimum absolute atomic E-state index is 0.0581. The van der Waals surface area contributed by atoms with Crippen LogP contribution in [0.25, 0.3) is 11.0 Å². The van der Waals surface area contributed by atoms with Crippen molar-refractivity contribution in [2.75, 3.05) is 26.2 Å². The molecular formula is C23H23ClN2O4. The van der Waals surface area contributed by atoms with Crippen LogP contribution in [0.3, 0.4) is 0 Å². The van der Waals surface area contributed by atoms with Crippen LogP contribution in [0.5, 0.6) is 5.75 Å². The molecule has 1 amide bonds. The fourth-order valence-corrected chi connectivity index (χ4v) is 4.23. The zero-order chi connectivity index (χ0) is 21.4. The van der Waals surface area contributed by atoms with Gasteiger partial charge in [-0.15, -0.1) is 0 Å². The number of hydrogen-bond donors (Lipinski definition) is 1. The van der Waals surface area contributed by atoms with Crippen LogP contribution in [0, 0.1) is 0 Å². The minimum Gasteiger partial charge on any atom is -0.508 e. The molecular weight excluding hydrogens is 404 g/mol. The first kappa shape index (κ1) is 20.4. The molecule has 3 aromatic rings. The number of carbonyl (C=O) groups is 1. The van der Waals surface area contributed by atoms with Crippen molar-refractivity contribution < 1.29 is 14.3 Å². The summed E-state index contributed by atoms with van der Waals surface area (Å²) in [6.45, 7) is 6.96. The fourth-order valence-electron chi connectivity index (χ4n) is 4.05. The molecule has 30 heavy (non-hydrogen) atoms. The molecule has 0 saturated carbocycles. The molecule has 1 atom stereocenters. The van der Waals surface area contributed by atoms with E-state index in [1.54, 1.807) is 47.4 Å². The number of halogens is 1. The van der Waals surface area contributed by atoms with E-state index in [-0.39, 0.29) is 22.8 Å². The van der Waals surface area contributed by atoms with E-state index in [9.17, 15) is 14.7 Å². The van der Waals surface area contributed by atoms with Crippen LogP contribution < -0.4 is 5.43 Å². The average Bonchev–Trinajstić information content (AvgIpc) is 3.02. The Balaban J connectivity index is 1.89. The van der Waals surface area contributed by atoms with E-state index in [1.807, 2.05) is 0 Å². The molecule has 1 aliphatic rings. The van der Waals surface area contributed by atoms with Crippen LogP contribution in [-0.2, 0) is 0 Å². The summed E-state index contributed by atoms with van der Waals surface area (Å²) in [4.78, 5) is 30.6. The second kappa shape index (κ2) is 8.13. The van der Waals surface area contributed by atoms with Crippen LogP contribution >= 0.6 is 11.6 Å². The van der Waals surface area contributed by atoms with E-state index in [0.29, 0.717) is 40.2 Å². The third kappa shape index (κ3) is 3.46. The Morgan fingerprint density at radius 1 is 1.13 bits per heavy atom. The normalized spacial score (nSPS) is 15.9. The molecule has 1 aliphatic heterocycles.